The molecule has 88 valence electrons. The van der Waals surface area contributed by atoms with Crippen LogP contribution in [-0.2, 0) is 4.74 Å². The Hall–Kier alpha value is -1.47. The average Bonchev–Trinajstić information content (AvgIpc) is 2.59. The van der Waals surface area contributed by atoms with E-state index in [-0.39, 0.29) is 12.2 Å². The topological polar surface area (TPSA) is 90.4 Å². The third-order valence-corrected chi connectivity index (χ3v) is 2.50. The lowest BCUT2D eigenvalue weighted by Gasteiger charge is -2.13. The van der Waals surface area contributed by atoms with E-state index < -0.39 is 30.8 Å². The maximum Gasteiger partial charge on any atom is 0.351 e. The smallest absolute Gasteiger partial charge is 0.351 e. The Morgan fingerprint density at radius 1 is 1.75 bits per heavy atom. The zero-order chi connectivity index (χ0) is 11.7. The van der Waals surface area contributed by atoms with Crippen molar-refractivity contribution in [3.8, 4) is 0 Å². The van der Waals surface area contributed by atoms with Gasteiger partial charge in [0, 0.05) is 12.6 Å². The van der Waals surface area contributed by atoms with Crippen molar-refractivity contribution in [1.29, 1.82) is 0 Å². The summed E-state index contributed by atoms with van der Waals surface area (Å²) in [5, 5.41) is 8.83. The summed E-state index contributed by atoms with van der Waals surface area (Å²) < 4.78 is 19.6. The first-order valence-electron chi connectivity index (χ1n) is 4.87. The normalized spacial score (nSPS) is 29.5. The molecule has 0 aliphatic carbocycles. The summed E-state index contributed by atoms with van der Waals surface area (Å²) in [7, 11) is 0. The molecule has 0 spiro atoms. The molecule has 0 saturated carbocycles. The molecule has 1 aromatic rings. The van der Waals surface area contributed by atoms with Gasteiger partial charge in [-0.1, -0.05) is 0 Å². The van der Waals surface area contributed by atoms with E-state index in [9.17, 15) is 9.18 Å². The maximum atomic E-state index is 13.3. The van der Waals surface area contributed by atoms with Gasteiger partial charge in [0.25, 0.3) is 0 Å². The summed E-state index contributed by atoms with van der Waals surface area (Å²) in [6, 6.07) is 1.43. The van der Waals surface area contributed by atoms with Gasteiger partial charge in [0.05, 0.1) is 6.61 Å². The lowest BCUT2D eigenvalue weighted by Crippen LogP contribution is -2.27. The van der Waals surface area contributed by atoms with Crippen molar-refractivity contribution in [3.63, 3.8) is 0 Å². The van der Waals surface area contributed by atoms with Crippen LogP contribution in [0.5, 0.6) is 0 Å². The zero-order valence-corrected chi connectivity index (χ0v) is 8.41. The van der Waals surface area contributed by atoms with Crippen molar-refractivity contribution in [3.05, 3.63) is 22.7 Å². The second-order valence-electron chi connectivity index (χ2n) is 3.61. The van der Waals surface area contributed by atoms with Gasteiger partial charge in [-0.2, -0.15) is 4.98 Å². The number of hydrogen-bond acceptors (Lipinski definition) is 5. The lowest BCUT2D eigenvalue weighted by atomic mass is 10.2. The first kappa shape index (κ1) is 11.0. The number of nitrogens with two attached hydrogens (primary N) is 1. The number of anilines is 1. The number of hydrogen-bond donors (Lipinski definition) is 2. The predicted molar refractivity (Wildman–Crippen MR) is 53.4 cm³/mol. The highest BCUT2D eigenvalue weighted by atomic mass is 19.1. The Kier molecular flexibility index (Phi) is 2.88. The summed E-state index contributed by atoms with van der Waals surface area (Å²) in [4.78, 5) is 14.9. The van der Waals surface area contributed by atoms with Crippen molar-refractivity contribution in [2.45, 2.75) is 24.9 Å². The zero-order valence-electron chi connectivity index (χ0n) is 8.41. The fourth-order valence-electron chi connectivity index (χ4n) is 1.67. The Morgan fingerprint density at radius 2 is 2.50 bits per heavy atom. The van der Waals surface area contributed by atoms with Crippen LogP contribution in [0.15, 0.2) is 17.1 Å². The minimum atomic E-state index is -1.28. The summed E-state index contributed by atoms with van der Waals surface area (Å²) >= 11 is 0. The first-order valence-corrected chi connectivity index (χ1v) is 4.87. The van der Waals surface area contributed by atoms with E-state index in [4.69, 9.17) is 15.6 Å². The van der Waals surface area contributed by atoms with E-state index in [1.807, 2.05) is 0 Å². The van der Waals surface area contributed by atoms with E-state index in [0.717, 1.165) is 0 Å². The highest BCUT2D eigenvalue weighted by Crippen LogP contribution is 2.29. The number of ether oxygens (including phenoxy) is 1. The number of aromatic nitrogens is 2. The van der Waals surface area contributed by atoms with Gasteiger partial charge in [0.1, 0.15) is 24.3 Å². The molecule has 7 heteroatoms. The molecule has 1 saturated heterocycles. The van der Waals surface area contributed by atoms with Crippen molar-refractivity contribution >= 4 is 5.82 Å². The second-order valence-corrected chi connectivity index (χ2v) is 3.61. The predicted octanol–water partition coefficient (Wildman–Crippen LogP) is -0.557. The standard InChI is InChI=1S/C9H12FN3O3/c10-5-3-8(16-6(5)4-14)13-2-1-7(11)12-9(13)15/h1-2,5-6,8,14H,3-4H2,(H2,11,12,15)/t5-,6-,8-/m1/s1. The lowest BCUT2D eigenvalue weighted by molar-refractivity contribution is -0.0355. The van der Waals surface area contributed by atoms with E-state index in [0.29, 0.717) is 0 Å². The molecule has 1 aliphatic heterocycles. The summed E-state index contributed by atoms with van der Waals surface area (Å²) in [6.07, 6.45) is -1.46. The van der Waals surface area contributed by atoms with Crippen molar-refractivity contribution < 1.29 is 14.2 Å². The number of aliphatic hydroxyl groups excluding tert-OH is 1. The molecule has 0 bridgehead atoms. The van der Waals surface area contributed by atoms with Crippen LogP contribution in [0.25, 0.3) is 0 Å². The fourth-order valence-corrected chi connectivity index (χ4v) is 1.67. The Labute approximate surface area is 90.5 Å². The number of rotatable bonds is 2. The van der Waals surface area contributed by atoms with Gasteiger partial charge < -0.3 is 15.6 Å². The Morgan fingerprint density at radius 3 is 3.06 bits per heavy atom. The molecular formula is C9H12FN3O3. The molecule has 6 nitrogen and oxygen atoms in total. The van der Waals surface area contributed by atoms with E-state index in [1.165, 1.54) is 16.8 Å². The van der Waals surface area contributed by atoms with Gasteiger partial charge in [-0.05, 0) is 6.07 Å². The maximum absolute atomic E-state index is 13.3. The van der Waals surface area contributed by atoms with E-state index in [1.54, 1.807) is 0 Å². The molecule has 1 aromatic heterocycles. The molecule has 1 aliphatic rings. The minimum absolute atomic E-state index is 0.0245. The minimum Gasteiger partial charge on any atom is -0.394 e. The molecule has 2 heterocycles. The Balaban J connectivity index is 2.23. The number of aliphatic hydroxyl groups is 1. The molecule has 0 aromatic carbocycles. The van der Waals surface area contributed by atoms with Crippen LogP contribution in [-0.4, -0.2) is 33.5 Å². The van der Waals surface area contributed by atoms with E-state index >= 15 is 0 Å². The van der Waals surface area contributed by atoms with Crippen LogP contribution in [0.2, 0.25) is 0 Å². The van der Waals surface area contributed by atoms with Crippen LogP contribution in [0.1, 0.15) is 12.6 Å². The molecule has 0 amide bonds. The molecule has 0 radical (unpaired) electrons. The van der Waals surface area contributed by atoms with Crippen LogP contribution in [0, 0.1) is 0 Å². The molecule has 1 fully saturated rings. The van der Waals surface area contributed by atoms with Crippen molar-refractivity contribution in [1.82, 2.24) is 9.55 Å². The van der Waals surface area contributed by atoms with E-state index in [2.05, 4.69) is 4.98 Å². The molecule has 2 rings (SSSR count). The van der Waals surface area contributed by atoms with Gasteiger partial charge in [-0.15, -0.1) is 0 Å². The molecule has 3 N–H and O–H groups in total. The van der Waals surface area contributed by atoms with Crippen LogP contribution in [0.3, 0.4) is 0 Å². The van der Waals surface area contributed by atoms with Gasteiger partial charge in [-0.3, -0.25) is 4.57 Å². The summed E-state index contributed by atoms with van der Waals surface area (Å²) in [5.41, 5.74) is 4.74. The number of nitrogens with zero attached hydrogens (tertiary/aromatic N) is 2. The number of nitrogen functional groups attached to an aromatic ring is 1. The van der Waals surface area contributed by atoms with Crippen LogP contribution in [0.4, 0.5) is 10.2 Å². The monoisotopic (exact) mass is 229 g/mol. The van der Waals surface area contributed by atoms with Gasteiger partial charge in [0.2, 0.25) is 0 Å². The second kappa shape index (κ2) is 4.18. The van der Waals surface area contributed by atoms with Gasteiger partial charge >= 0.3 is 5.69 Å². The van der Waals surface area contributed by atoms with Crippen LogP contribution < -0.4 is 11.4 Å². The van der Waals surface area contributed by atoms with Crippen molar-refractivity contribution in [2.24, 2.45) is 0 Å². The number of halogens is 1. The Bertz CT molecular complexity index is 436. The average molecular weight is 229 g/mol. The van der Waals surface area contributed by atoms with Gasteiger partial charge in [0.15, 0.2) is 0 Å². The SMILES string of the molecule is Nc1ccn([C@H]2C[C@@H](F)[C@@H](CO)O2)c(=O)n1. The number of alkyl halides is 1. The summed E-state index contributed by atoms with van der Waals surface area (Å²) in [6.45, 7) is -0.408. The highest BCUT2D eigenvalue weighted by molar-refractivity contribution is 5.23. The molecule has 16 heavy (non-hydrogen) atoms. The molecule has 3 atom stereocenters. The first-order chi connectivity index (χ1) is 7.61. The summed E-state index contributed by atoms with van der Waals surface area (Å²) in [5.74, 6) is 0.106. The third-order valence-electron chi connectivity index (χ3n) is 2.50. The largest absolute Gasteiger partial charge is 0.394 e. The van der Waals surface area contributed by atoms with Gasteiger partial charge in [-0.25, -0.2) is 9.18 Å². The quantitative estimate of drug-likeness (QED) is 0.709. The molecule has 0 unspecified atom stereocenters. The molecular weight excluding hydrogens is 217 g/mol. The third kappa shape index (κ3) is 1.91. The fraction of sp³-hybridized carbons (Fsp3) is 0.556. The highest BCUT2D eigenvalue weighted by Gasteiger charge is 2.36. The van der Waals surface area contributed by atoms with Crippen LogP contribution >= 0.6 is 0 Å². The van der Waals surface area contributed by atoms with Crippen molar-refractivity contribution in [2.75, 3.05) is 12.3 Å².